The van der Waals surface area contributed by atoms with Crippen LogP contribution in [-0.4, -0.2) is 52.7 Å². The van der Waals surface area contributed by atoms with Gasteiger partial charge in [0.2, 0.25) is 5.91 Å². The number of carbonyl (C=O) groups excluding carboxylic acids is 1. The molecule has 0 saturated carbocycles. The van der Waals surface area contributed by atoms with E-state index in [1.165, 1.54) is 14.2 Å². The second-order valence-corrected chi connectivity index (χ2v) is 2.55. The van der Waals surface area contributed by atoms with Crippen molar-refractivity contribution in [3.63, 3.8) is 0 Å². The number of rotatable bonds is 8. The van der Waals surface area contributed by atoms with Crippen molar-refractivity contribution in [1.82, 2.24) is 5.32 Å². The molecule has 0 rings (SSSR count). The Morgan fingerprint density at radius 2 is 2.07 bits per heavy atom. The van der Waals surface area contributed by atoms with Gasteiger partial charge in [-0.25, -0.2) is 0 Å². The molecule has 6 nitrogen and oxygen atoms in total. The van der Waals surface area contributed by atoms with E-state index < -0.39 is 6.29 Å². The summed E-state index contributed by atoms with van der Waals surface area (Å²) in [5.41, 5.74) is 5.18. The molecule has 3 N–H and O–H groups in total. The van der Waals surface area contributed by atoms with Crippen molar-refractivity contribution >= 4 is 5.91 Å². The van der Waals surface area contributed by atoms with Crippen LogP contribution in [0.3, 0.4) is 0 Å². The lowest BCUT2D eigenvalue weighted by atomic mass is 10.5. The summed E-state index contributed by atoms with van der Waals surface area (Å²) in [4.78, 5) is 11.1. The highest BCUT2D eigenvalue weighted by Crippen LogP contribution is 1.87. The van der Waals surface area contributed by atoms with Crippen molar-refractivity contribution in [3.8, 4) is 0 Å². The molecule has 0 saturated heterocycles. The Kier molecular flexibility index (Phi) is 8.45. The third-order valence-corrected chi connectivity index (χ3v) is 1.49. The smallest absolute Gasteiger partial charge is 0.246 e. The maximum atomic E-state index is 11.1. The third kappa shape index (κ3) is 6.79. The van der Waals surface area contributed by atoms with Gasteiger partial charge >= 0.3 is 0 Å². The molecule has 0 bridgehead atoms. The Hall–Kier alpha value is -0.690. The van der Waals surface area contributed by atoms with Crippen LogP contribution in [0.15, 0.2) is 0 Å². The number of nitrogens with one attached hydrogen (secondary N) is 1. The summed E-state index contributed by atoms with van der Waals surface area (Å²) in [5, 5.41) is 2.59. The lowest BCUT2D eigenvalue weighted by Crippen LogP contribution is -2.36. The molecule has 0 unspecified atom stereocenters. The first kappa shape index (κ1) is 13.3. The molecule has 0 aliphatic carbocycles. The number of carbonyl (C=O) groups is 1. The predicted molar refractivity (Wildman–Crippen MR) is 50.7 cm³/mol. The summed E-state index contributed by atoms with van der Waals surface area (Å²) in [6.45, 7) is 1.10. The van der Waals surface area contributed by atoms with Gasteiger partial charge < -0.3 is 25.3 Å². The number of hydrogen-bond acceptors (Lipinski definition) is 5. The Balaban J connectivity index is 3.42. The van der Waals surface area contributed by atoms with Crippen molar-refractivity contribution in [2.75, 3.05) is 40.5 Å². The van der Waals surface area contributed by atoms with Gasteiger partial charge in [0.05, 0.1) is 13.2 Å². The number of amides is 1. The van der Waals surface area contributed by atoms with Crippen molar-refractivity contribution in [1.29, 1.82) is 0 Å². The van der Waals surface area contributed by atoms with E-state index >= 15 is 0 Å². The van der Waals surface area contributed by atoms with E-state index in [1.807, 2.05) is 0 Å². The van der Waals surface area contributed by atoms with Gasteiger partial charge in [-0.1, -0.05) is 0 Å². The average molecular weight is 206 g/mol. The van der Waals surface area contributed by atoms with Gasteiger partial charge in [-0.3, -0.25) is 4.79 Å². The van der Waals surface area contributed by atoms with Crippen LogP contribution in [0, 0.1) is 0 Å². The molecule has 0 aromatic rings. The molecule has 0 heterocycles. The molecule has 0 fully saturated rings. The normalized spacial score (nSPS) is 10.6. The first-order valence-electron chi connectivity index (χ1n) is 4.34. The molecule has 14 heavy (non-hydrogen) atoms. The molecule has 0 atom stereocenters. The van der Waals surface area contributed by atoms with E-state index in [-0.39, 0.29) is 12.5 Å². The van der Waals surface area contributed by atoms with E-state index in [9.17, 15) is 4.79 Å². The lowest BCUT2D eigenvalue weighted by Gasteiger charge is -2.13. The minimum absolute atomic E-state index is 0.0113. The summed E-state index contributed by atoms with van der Waals surface area (Å²) >= 11 is 0. The van der Waals surface area contributed by atoms with E-state index in [0.717, 1.165) is 0 Å². The Bertz CT molecular complexity index is 150. The standard InChI is InChI=1S/C8H18N2O4/c1-12-8(13-2)5-10-7(11)6-14-4-3-9/h8H,3-6,9H2,1-2H3,(H,10,11). The maximum Gasteiger partial charge on any atom is 0.246 e. The fourth-order valence-corrected chi connectivity index (χ4v) is 0.759. The maximum absolute atomic E-state index is 11.1. The second kappa shape index (κ2) is 8.89. The topological polar surface area (TPSA) is 82.8 Å². The van der Waals surface area contributed by atoms with Gasteiger partial charge in [-0.15, -0.1) is 0 Å². The van der Waals surface area contributed by atoms with Crippen LogP contribution >= 0.6 is 0 Å². The Morgan fingerprint density at radius 1 is 1.43 bits per heavy atom. The number of hydrogen-bond donors (Lipinski definition) is 2. The van der Waals surface area contributed by atoms with Crippen LogP contribution in [-0.2, 0) is 19.0 Å². The van der Waals surface area contributed by atoms with Gasteiger partial charge in [0.15, 0.2) is 6.29 Å². The minimum Gasteiger partial charge on any atom is -0.370 e. The molecule has 0 aromatic carbocycles. The van der Waals surface area contributed by atoms with Crippen LogP contribution < -0.4 is 11.1 Å². The summed E-state index contributed by atoms with van der Waals surface area (Å²) in [6.07, 6.45) is -0.423. The van der Waals surface area contributed by atoms with Crippen molar-refractivity contribution < 1.29 is 19.0 Å². The second-order valence-electron chi connectivity index (χ2n) is 2.55. The summed E-state index contributed by atoms with van der Waals surface area (Å²) in [5.74, 6) is -0.211. The van der Waals surface area contributed by atoms with Crippen LogP contribution in [0.4, 0.5) is 0 Å². The molecule has 84 valence electrons. The van der Waals surface area contributed by atoms with Gasteiger partial charge in [0.1, 0.15) is 6.61 Å². The SMILES string of the molecule is COC(CNC(=O)COCCN)OC. The zero-order chi connectivity index (χ0) is 10.8. The van der Waals surface area contributed by atoms with Crippen LogP contribution in [0.2, 0.25) is 0 Å². The molecule has 0 radical (unpaired) electrons. The highest BCUT2D eigenvalue weighted by molar-refractivity contribution is 5.77. The monoisotopic (exact) mass is 206 g/mol. The minimum atomic E-state index is -0.423. The largest absolute Gasteiger partial charge is 0.370 e. The van der Waals surface area contributed by atoms with Crippen LogP contribution in [0.5, 0.6) is 0 Å². The predicted octanol–water partition coefficient (Wildman–Crippen LogP) is -1.30. The van der Waals surface area contributed by atoms with E-state index in [2.05, 4.69) is 5.32 Å². The average Bonchev–Trinajstić information content (AvgIpc) is 2.20. The molecular weight excluding hydrogens is 188 g/mol. The van der Waals surface area contributed by atoms with Gasteiger partial charge in [0.25, 0.3) is 0 Å². The molecule has 0 aliphatic heterocycles. The van der Waals surface area contributed by atoms with Crippen molar-refractivity contribution in [2.45, 2.75) is 6.29 Å². The number of nitrogens with two attached hydrogens (primary N) is 1. The molecule has 6 heteroatoms. The molecule has 1 amide bonds. The van der Waals surface area contributed by atoms with Gasteiger partial charge in [-0.2, -0.15) is 0 Å². The van der Waals surface area contributed by atoms with Gasteiger partial charge in [0, 0.05) is 20.8 Å². The fourth-order valence-electron chi connectivity index (χ4n) is 0.759. The van der Waals surface area contributed by atoms with E-state index in [0.29, 0.717) is 19.7 Å². The number of methoxy groups -OCH3 is 2. The zero-order valence-electron chi connectivity index (χ0n) is 8.62. The van der Waals surface area contributed by atoms with E-state index in [4.69, 9.17) is 19.9 Å². The zero-order valence-corrected chi connectivity index (χ0v) is 8.62. The van der Waals surface area contributed by atoms with Gasteiger partial charge in [-0.05, 0) is 0 Å². The molecule has 0 spiro atoms. The first-order valence-corrected chi connectivity index (χ1v) is 4.34. The van der Waals surface area contributed by atoms with Crippen molar-refractivity contribution in [2.24, 2.45) is 5.73 Å². The van der Waals surface area contributed by atoms with Crippen molar-refractivity contribution in [3.05, 3.63) is 0 Å². The fraction of sp³-hybridized carbons (Fsp3) is 0.875. The molecule has 0 aromatic heterocycles. The van der Waals surface area contributed by atoms with E-state index in [1.54, 1.807) is 0 Å². The Labute approximate surface area is 83.7 Å². The molecular formula is C8H18N2O4. The summed E-state index contributed by atoms with van der Waals surface area (Å²) in [7, 11) is 3.01. The first-order chi connectivity index (χ1) is 6.74. The quantitative estimate of drug-likeness (QED) is 0.381. The van der Waals surface area contributed by atoms with Crippen LogP contribution in [0.25, 0.3) is 0 Å². The highest BCUT2D eigenvalue weighted by atomic mass is 16.7. The highest BCUT2D eigenvalue weighted by Gasteiger charge is 2.07. The third-order valence-electron chi connectivity index (χ3n) is 1.49. The van der Waals surface area contributed by atoms with Crippen LogP contribution in [0.1, 0.15) is 0 Å². The molecule has 0 aliphatic rings. The summed E-state index contributed by atoms with van der Waals surface area (Å²) in [6, 6.07) is 0. The Morgan fingerprint density at radius 3 is 2.57 bits per heavy atom. The lowest BCUT2D eigenvalue weighted by molar-refractivity contribution is -0.131. The summed E-state index contributed by atoms with van der Waals surface area (Å²) < 4.78 is 14.7. The number of ether oxygens (including phenoxy) is 3.